The van der Waals surface area contributed by atoms with E-state index in [-0.39, 0.29) is 17.5 Å². The Kier molecular flexibility index (Phi) is 6.73. The average Bonchev–Trinajstić information content (AvgIpc) is 3.67. The molecule has 0 N–H and O–H groups in total. The first-order chi connectivity index (χ1) is 20.9. The van der Waals surface area contributed by atoms with Gasteiger partial charge in [0.15, 0.2) is 5.82 Å². The van der Waals surface area contributed by atoms with Crippen molar-refractivity contribution in [3.63, 3.8) is 0 Å². The van der Waals surface area contributed by atoms with Crippen LogP contribution in [0.2, 0.25) is 5.02 Å². The molecule has 218 valence electrons. The van der Waals surface area contributed by atoms with Crippen molar-refractivity contribution in [1.29, 1.82) is 0 Å². The van der Waals surface area contributed by atoms with Gasteiger partial charge in [0.25, 0.3) is 11.5 Å². The summed E-state index contributed by atoms with van der Waals surface area (Å²) >= 11 is 6.42. The molecule has 1 unspecified atom stereocenters. The molecule has 1 amide bonds. The third-order valence-corrected chi connectivity index (χ3v) is 8.39. The standard InChI is InChI=1S/C31H29ClN8O3/c1-36-19-37(17-20-10-12-22(43-2)13-11-20)28-25(30(36)41)29(34-18-33-28)38-15-6-9-24(38)27-35-39-16-14-23(32)26(39)31(42)40(27)21-7-4-3-5-8-21/h3-5,7-8,10-14,16,18,24H,6,9,15,17,19H2,1-2H3. The summed E-state index contributed by atoms with van der Waals surface area (Å²) in [6.07, 6.45) is 4.76. The van der Waals surface area contributed by atoms with Gasteiger partial charge in [-0.25, -0.2) is 14.5 Å². The number of methoxy groups -OCH3 is 1. The number of aromatic nitrogens is 5. The van der Waals surface area contributed by atoms with Crippen LogP contribution in [-0.2, 0) is 6.54 Å². The number of hydrogen-bond donors (Lipinski definition) is 0. The molecule has 12 heteroatoms. The second-order valence-corrected chi connectivity index (χ2v) is 11.1. The summed E-state index contributed by atoms with van der Waals surface area (Å²) < 4.78 is 8.48. The van der Waals surface area contributed by atoms with Crippen LogP contribution in [0.3, 0.4) is 0 Å². The molecule has 7 rings (SSSR count). The first-order valence-electron chi connectivity index (χ1n) is 14.0. The first kappa shape index (κ1) is 27.0. The molecule has 1 saturated heterocycles. The number of halogens is 1. The minimum Gasteiger partial charge on any atom is -0.497 e. The van der Waals surface area contributed by atoms with Gasteiger partial charge in [-0.2, -0.15) is 5.10 Å². The van der Waals surface area contributed by atoms with E-state index in [0.717, 1.165) is 24.2 Å². The van der Waals surface area contributed by atoms with Gasteiger partial charge < -0.3 is 19.4 Å². The Hall–Kier alpha value is -4.90. The van der Waals surface area contributed by atoms with Gasteiger partial charge in [0.05, 0.1) is 30.5 Å². The number of hydrogen-bond acceptors (Lipinski definition) is 8. The quantitative estimate of drug-likeness (QED) is 0.286. The molecule has 3 aromatic heterocycles. The molecular weight excluding hydrogens is 568 g/mol. The normalized spacial score (nSPS) is 16.7. The zero-order chi connectivity index (χ0) is 29.7. The highest BCUT2D eigenvalue weighted by atomic mass is 35.5. The lowest BCUT2D eigenvalue weighted by atomic mass is 10.1. The maximum absolute atomic E-state index is 13.9. The van der Waals surface area contributed by atoms with Crippen molar-refractivity contribution >= 4 is 34.7 Å². The second-order valence-electron chi connectivity index (χ2n) is 10.7. The molecule has 2 aromatic carbocycles. The molecular formula is C31H29ClN8O3. The Balaban J connectivity index is 1.34. The maximum Gasteiger partial charge on any atom is 0.284 e. The SMILES string of the molecule is COc1ccc(CN2CN(C)C(=O)c3c2ncnc3N2CCCC2c2nn3ccc(Cl)c3c(=O)n2-c2ccccc2)cc1. The van der Waals surface area contributed by atoms with Crippen LogP contribution in [0.4, 0.5) is 11.6 Å². The predicted octanol–water partition coefficient (Wildman–Crippen LogP) is 4.33. The highest BCUT2D eigenvalue weighted by molar-refractivity contribution is 6.33. The van der Waals surface area contributed by atoms with E-state index in [4.69, 9.17) is 21.4 Å². The molecule has 2 aliphatic heterocycles. The van der Waals surface area contributed by atoms with E-state index in [0.29, 0.717) is 59.0 Å². The third kappa shape index (κ3) is 4.56. The Labute approximate surface area is 252 Å². The van der Waals surface area contributed by atoms with Crippen LogP contribution in [0.15, 0.2) is 78.0 Å². The summed E-state index contributed by atoms with van der Waals surface area (Å²) in [4.78, 5) is 42.7. The fourth-order valence-corrected chi connectivity index (χ4v) is 6.27. The summed E-state index contributed by atoms with van der Waals surface area (Å²) in [6, 6.07) is 18.6. The number of carbonyl (C=O) groups is 1. The Morgan fingerprint density at radius 1 is 1.00 bits per heavy atom. The molecule has 2 aliphatic rings. The van der Waals surface area contributed by atoms with Gasteiger partial charge in [-0.3, -0.25) is 14.2 Å². The smallest absolute Gasteiger partial charge is 0.284 e. The monoisotopic (exact) mass is 596 g/mol. The van der Waals surface area contributed by atoms with Crippen LogP contribution < -0.4 is 20.1 Å². The fourth-order valence-electron chi connectivity index (χ4n) is 6.05. The van der Waals surface area contributed by atoms with Crippen molar-refractivity contribution in [3.8, 4) is 11.4 Å². The maximum atomic E-state index is 13.9. The highest BCUT2D eigenvalue weighted by Gasteiger charge is 2.39. The van der Waals surface area contributed by atoms with Crippen LogP contribution >= 0.6 is 11.6 Å². The van der Waals surface area contributed by atoms with E-state index in [1.54, 1.807) is 40.4 Å². The lowest BCUT2D eigenvalue weighted by Crippen LogP contribution is -2.46. The fraction of sp³-hybridized carbons (Fsp3) is 0.258. The summed E-state index contributed by atoms with van der Waals surface area (Å²) in [5.74, 6) is 2.29. The van der Waals surface area contributed by atoms with Gasteiger partial charge in [-0.1, -0.05) is 41.9 Å². The predicted molar refractivity (Wildman–Crippen MR) is 163 cm³/mol. The van der Waals surface area contributed by atoms with E-state index in [1.807, 2.05) is 54.6 Å². The van der Waals surface area contributed by atoms with Gasteiger partial charge >= 0.3 is 0 Å². The Morgan fingerprint density at radius 3 is 2.53 bits per heavy atom. The molecule has 0 bridgehead atoms. The minimum absolute atomic E-state index is 0.150. The van der Waals surface area contributed by atoms with Crippen molar-refractivity contribution in [2.75, 3.05) is 37.2 Å². The summed E-state index contributed by atoms with van der Waals surface area (Å²) in [6.45, 7) is 1.57. The largest absolute Gasteiger partial charge is 0.497 e. The number of anilines is 2. The Morgan fingerprint density at radius 2 is 1.77 bits per heavy atom. The zero-order valence-corrected chi connectivity index (χ0v) is 24.5. The minimum atomic E-state index is -0.326. The molecule has 0 radical (unpaired) electrons. The van der Waals surface area contributed by atoms with Gasteiger partial charge in [0, 0.05) is 26.3 Å². The average molecular weight is 597 g/mol. The number of nitrogens with zero attached hydrogens (tertiary/aromatic N) is 8. The van der Waals surface area contributed by atoms with Gasteiger partial charge in [-0.15, -0.1) is 0 Å². The van der Waals surface area contributed by atoms with Crippen LogP contribution in [-0.4, -0.2) is 62.3 Å². The molecule has 0 saturated carbocycles. The molecule has 11 nitrogen and oxygen atoms in total. The summed E-state index contributed by atoms with van der Waals surface area (Å²) in [5, 5.41) is 5.26. The number of amides is 1. The van der Waals surface area contributed by atoms with Crippen molar-refractivity contribution in [3.05, 3.63) is 106 Å². The molecule has 0 spiro atoms. The third-order valence-electron chi connectivity index (χ3n) is 8.08. The number of rotatable bonds is 6. The van der Waals surface area contributed by atoms with Crippen molar-refractivity contribution in [1.82, 2.24) is 29.0 Å². The molecule has 5 aromatic rings. The molecule has 1 fully saturated rings. The summed E-state index contributed by atoms with van der Waals surface area (Å²) in [7, 11) is 3.42. The van der Waals surface area contributed by atoms with Gasteiger partial charge in [0.2, 0.25) is 0 Å². The topological polar surface area (TPSA) is 101 Å². The molecule has 5 heterocycles. The van der Waals surface area contributed by atoms with Gasteiger partial charge in [-0.05, 0) is 48.7 Å². The van der Waals surface area contributed by atoms with Crippen molar-refractivity contribution in [2.24, 2.45) is 0 Å². The molecule has 0 aliphatic carbocycles. The number of para-hydroxylation sites is 1. The van der Waals surface area contributed by atoms with E-state index < -0.39 is 0 Å². The van der Waals surface area contributed by atoms with E-state index in [9.17, 15) is 9.59 Å². The van der Waals surface area contributed by atoms with E-state index in [1.165, 1.54) is 6.33 Å². The van der Waals surface area contributed by atoms with E-state index >= 15 is 0 Å². The van der Waals surface area contributed by atoms with E-state index in [2.05, 4.69) is 19.8 Å². The number of fused-ring (bicyclic) bond motifs is 2. The van der Waals surface area contributed by atoms with Crippen LogP contribution in [0.25, 0.3) is 11.2 Å². The van der Waals surface area contributed by atoms with Gasteiger partial charge in [0.1, 0.15) is 34.8 Å². The molecule has 43 heavy (non-hydrogen) atoms. The number of ether oxygens (including phenoxy) is 1. The van der Waals surface area contributed by atoms with Crippen LogP contribution in [0.1, 0.15) is 40.6 Å². The van der Waals surface area contributed by atoms with Crippen LogP contribution in [0.5, 0.6) is 5.75 Å². The summed E-state index contributed by atoms with van der Waals surface area (Å²) in [5.41, 5.74) is 2.24. The number of benzene rings is 2. The Bertz CT molecular complexity index is 1890. The van der Waals surface area contributed by atoms with Crippen LogP contribution in [0, 0.1) is 0 Å². The lowest BCUT2D eigenvalue weighted by Gasteiger charge is -2.37. The first-order valence-corrected chi connectivity index (χ1v) is 14.4. The zero-order valence-electron chi connectivity index (χ0n) is 23.7. The van der Waals surface area contributed by atoms with Crippen molar-refractivity contribution in [2.45, 2.75) is 25.4 Å². The highest BCUT2D eigenvalue weighted by Crippen LogP contribution is 2.40. The second kappa shape index (κ2) is 10.7. The molecule has 1 atom stereocenters. The lowest BCUT2D eigenvalue weighted by molar-refractivity contribution is 0.0780. The number of carbonyl (C=O) groups excluding carboxylic acids is 1. The van der Waals surface area contributed by atoms with Crippen molar-refractivity contribution < 1.29 is 9.53 Å².